The van der Waals surface area contributed by atoms with Gasteiger partial charge in [0.2, 0.25) is 0 Å². The summed E-state index contributed by atoms with van der Waals surface area (Å²) in [7, 11) is 1.97. The largest absolute Gasteiger partial charge is 0.348 e. The van der Waals surface area contributed by atoms with Gasteiger partial charge in [0.1, 0.15) is 0 Å². The normalized spacial score (nSPS) is 10.6. The van der Waals surface area contributed by atoms with Crippen LogP contribution in [-0.4, -0.2) is 10.6 Å². The summed E-state index contributed by atoms with van der Waals surface area (Å²) in [5, 5.41) is 6.84. The molecule has 1 aromatic heterocycles. The van der Waals surface area contributed by atoms with Crippen LogP contribution in [0.4, 0.5) is 10.5 Å². The number of para-hydroxylation sites is 1. The van der Waals surface area contributed by atoms with Crippen LogP contribution in [0.15, 0.2) is 54.7 Å². The van der Waals surface area contributed by atoms with Crippen LogP contribution >= 0.6 is 0 Å². The molecule has 0 unspecified atom stereocenters. The molecular weight excluding hydrogens is 274 g/mol. The highest BCUT2D eigenvalue weighted by molar-refractivity contribution is 6.01. The summed E-state index contributed by atoms with van der Waals surface area (Å²) in [5.74, 6) is 0. The number of urea groups is 1. The highest BCUT2D eigenvalue weighted by Crippen LogP contribution is 2.24. The third-order valence-electron chi connectivity index (χ3n) is 3.72. The van der Waals surface area contributed by atoms with Crippen LogP contribution in [0.25, 0.3) is 10.9 Å². The van der Waals surface area contributed by atoms with Crippen LogP contribution in [0, 0.1) is 6.92 Å². The van der Waals surface area contributed by atoms with Gasteiger partial charge in [-0.15, -0.1) is 0 Å². The number of nitrogens with zero attached hydrogens (tertiary/aromatic N) is 1. The SMILES string of the molecule is Cc1ccc(CNC(=O)Nc2cn(C)c3ccccc23)cc1. The maximum absolute atomic E-state index is 12.1. The zero-order valence-electron chi connectivity index (χ0n) is 12.8. The van der Waals surface area contributed by atoms with Crippen molar-refractivity contribution in [2.24, 2.45) is 7.05 Å². The lowest BCUT2D eigenvalue weighted by Gasteiger charge is -2.07. The van der Waals surface area contributed by atoms with Gasteiger partial charge in [-0.05, 0) is 18.6 Å². The molecule has 0 atom stereocenters. The van der Waals surface area contributed by atoms with Gasteiger partial charge in [0.25, 0.3) is 0 Å². The Balaban J connectivity index is 1.67. The quantitative estimate of drug-likeness (QED) is 0.758. The summed E-state index contributed by atoms with van der Waals surface area (Å²) in [6.45, 7) is 2.56. The molecule has 0 aliphatic carbocycles. The van der Waals surface area contributed by atoms with E-state index in [9.17, 15) is 4.79 Å². The van der Waals surface area contributed by atoms with Crippen molar-refractivity contribution < 1.29 is 4.79 Å². The lowest BCUT2D eigenvalue weighted by Crippen LogP contribution is -2.28. The van der Waals surface area contributed by atoms with Crippen molar-refractivity contribution in [1.29, 1.82) is 0 Å². The van der Waals surface area contributed by atoms with E-state index in [0.29, 0.717) is 6.54 Å². The minimum absolute atomic E-state index is 0.197. The fourth-order valence-electron chi connectivity index (χ4n) is 2.50. The molecule has 3 rings (SSSR count). The number of aryl methyl sites for hydroxylation is 2. The molecule has 0 saturated carbocycles. The van der Waals surface area contributed by atoms with E-state index in [2.05, 4.69) is 10.6 Å². The van der Waals surface area contributed by atoms with Crippen LogP contribution in [0.3, 0.4) is 0 Å². The van der Waals surface area contributed by atoms with Crippen molar-refractivity contribution in [3.8, 4) is 0 Å². The molecule has 0 aliphatic heterocycles. The van der Waals surface area contributed by atoms with Gasteiger partial charge in [0, 0.05) is 30.7 Å². The van der Waals surface area contributed by atoms with Gasteiger partial charge in [-0.1, -0.05) is 48.0 Å². The first-order valence-corrected chi connectivity index (χ1v) is 7.28. The van der Waals surface area contributed by atoms with E-state index in [1.807, 2.05) is 73.3 Å². The Bertz CT molecular complexity index is 803. The van der Waals surface area contributed by atoms with Gasteiger partial charge in [0.15, 0.2) is 0 Å². The fourth-order valence-corrected chi connectivity index (χ4v) is 2.50. The number of hydrogen-bond donors (Lipinski definition) is 2. The Labute approximate surface area is 129 Å². The first kappa shape index (κ1) is 14.2. The molecule has 2 N–H and O–H groups in total. The Morgan fingerprint density at radius 3 is 2.59 bits per heavy atom. The van der Waals surface area contributed by atoms with Crippen molar-refractivity contribution in [2.45, 2.75) is 13.5 Å². The molecule has 1 heterocycles. The molecule has 0 aliphatic rings. The topological polar surface area (TPSA) is 46.1 Å². The van der Waals surface area contributed by atoms with E-state index < -0.39 is 0 Å². The number of benzene rings is 2. The molecule has 0 saturated heterocycles. The van der Waals surface area contributed by atoms with Gasteiger partial charge in [0.05, 0.1) is 5.69 Å². The van der Waals surface area contributed by atoms with Crippen LogP contribution in [-0.2, 0) is 13.6 Å². The summed E-state index contributed by atoms with van der Waals surface area (Å²) in [5.41, 5.74) is 4.21. The molecule has 0 fully saturated rings. The van der Waals surface area contributed by atoms with E-state index in [4.69, 9.17) is 0 Å². The number of fused-ring (bicyclic) bond motifs is 1. The second kappa shape index (κ2) is 5.93. The molecule has 112 valence electrons. The van der Waals surface area contributed by atoms with Gasteiger partial charge in [-0.2, -0.15) is 0 Å². The Kier molecular flexibility index (Phi) is 3.83. The first-order valence-electron chi connectivity index (χ1n) is 7.28. The number of anilines is 1. The highest BCUT2D eigenvalue weighted by Gasteiger charge is 2.08. The van der Waals surface area contributed by atoms with Crippen LogP contribution in [0.1, 0.15) is 11.1 Å². The maximum atomic E-state index is 12.1. The van der Waals surface area contributed by atoms with Crippen molar-refractivity contribution in [3.63, 3.8) is 0 Å². The zero-order chi connectivity index (χ0) is 15.5. The minimum Gasteiger partial charge on any atom is -0.348 e. The van der Waals surface area contributed by atoms with Crippen molar-refractivity contribution in [2.75, 3.05) is 5.32 Å². The van der Waals surface area contributed by atoms with Crippen molar-refractivity contribution >= 4 is 22.6 Å². The predicted molar refractivity (Wildman–Crippen MR) is 90.0 cm³/mol. The third kappa shape index (κ3) is 2.96. The van der Waals surface area contributed by atoms with Gasteiger partial charge >= 0.3 is 6.03 Å². The monoisotopic (exact) mass is 293 g/mol. The summed E-state index contributed by atoms with van der Waals surface area (Å²) >= 11 is 0. The Morgan fingerprint density at radius 2 is 1.82 bits per heavy atom. The molecule has 0 bridgehead atoms. The summed E-state index contributed by atoms with van der Waals surface area (Å²) in [6.07, 6.45) is 1.93. The second-order valence-corrected chi connectivity index (χ2v) is 5.46. The van der Waals surface area contributed by atoms with E-state index in [0.717, 1.165) is 22.2 Å². The molecule has 4 nitrogen and oxygen atoms in total. The van der Waals surface area contributed by atoms with Gasteiger partial charge in [-0.3, -0.25) is 0 Å². The fraction of sp³-hybridized carbons (Fsp3) is 0.167. The highest BCUT2D eigenvalue weighted by atomic mass is 16.2. The smallest absolute Gasteiger partial charge is 0.319 e. The number of nitrogens with one attached hydrogen (secondary N) is 2. The average Bonchev–Trinajstić information content (AvgIpc) is 2.83. The molecule has 22 heavy (non-hydrogen) atoms. The lowest BCUT2D eigenvalue weighted by atomic mass is 10.1. The van der Waals surface area contributed by atoms with Crippen molar-refractivity contribution in [1.82, 2.24) is 9.88 Å². The van der Waals surface area contributed by atoms with E-state index >= 15 is 0 Å². The standard InChI is InChI=1S/C18H19N3O/c1-13-7-9-14(10-8-13)11-19-18(22)20-16-12-21(2)17-6-4-3-5-15(16)17/h3-10,12H,11H2,1-2H3,(H2,19,20,22). The number of amides is 2. The second-order valence-electron chi connectivity index (χ2n) is 5.46. The third-order valence-corrected chi connectivity index (χ3v) is 3.72. The van der Waals surface area contributed by atoms with E-state index in [-0.39, 0.29) is 6.03 Å². The van der Waals surface area contributed by atoms with Crippen LogP contribution in [0.5, 0.6) is 0 Å². The molecule has 4 heteroatoms. The average molecular weight is 293 g/mol. The number of carbonyl (C=O) groups excluding carboxylic acids is 1. The predicted octanol–water partition coefficient (Wildman–Crippen LogP) is 3.81. The first-order chi connectivity index (χ1) is 10.6. The molecular formula is C18H19N3O. The lowest BCUT2D eigenvalue weighted by molar-refractivity contribution is 0.252. The summed E-state index contributed by atoms with van der Waals surface area (Å²) in [4.78, 5) is 12.1. The zero-order valence-corrected chi connectivity index (χ0v) is 12.8. The molecule has 2 amide bonds. The molecule has 3 aromatic rings. The number of hydrogen-bond acceptors (Lipinski definition) is 1. The number of aromatic nitrogens is 1. The minimum atomic E-state index is -0.197. The van der Waals surface area contributed by atoms with E-state index in [1.54, 1.807) is 0 Å². The Morgan fingerprint density at radius 1 is 1.09 bits per heavy atom. The summed E-state index contributed by atoms with van der Waals surface area (Å²) < 4.78 is 2.00. The molecule has 2 aromatic carbocycles. The van der Waals surface area contributed by atoms with Crippen LogP contribution < -0.4 is 10.6 Å². The van der Waals surface area contributed by atoms with E-state index in [1.165, 1.54) is 5.56 Å². The molecule has 0 radical (unpaired) electrons. The maximum Gasteiger partial charge on any atom is 0.319 e. The summed E-state index contributed by atoms with van der Waals surface area (Å²) in [6, 6.07) is 15.9. The van der Waals surface area contributed by atoms with Crippen LogP contribution in [0.2, 0.25) is 0 Å². The number of carbonyl (C=O) groups is 1. The molecule has 0 spiro atoms. The van der Waals surface area contributed by atoms with Crippen molar-refractivity contribution in [3.05, 3.63) is 65.9 Å². The number of rotatable bonds is 3. The Hall–Kier alpha value is -2.75. The van der Waals surface area contributed by atoms with Gasteiger partial charge < -0.3 is 15.2 Å². The van der Waals surface area contributed by atoms with Gasteiger partial charge in [-0.25, -0.2) is 4.79 Å².